The lowest BCUT2D eigenvalue weighted by Crippen LogP contribution is -2.34. The molecule has 1 heterocycles. The van der Waals surface area contributed by atoms with Crippen LogP contribution in [0, 0.1) is 10.5 Å². The summed E-state index contributed by atoms with van der Waals surface area (Å²) in [7, 11) is 0. The number of rotatable bonds is 4. The molecular weight excluding hydrogens is 461 g/mol. The number of pyridine rings is 1. The van der Waals surface area contributed by atoms with E-state index in [0.717, 1.165) is 9.13 Å². The molecule has 24 heavy (non-hydrogen) atoms. The number of thiocarbonyl (C=S) groups is 1. The number of aromatic nitrogens is 1. The zero-order valence-corrected chi connectivity index (χ0v) is 16.8. The Labute approximate surface area is 164 Å². The van der Waals surface area contributed by atoms with Crippen molar-refractivity contribution in [2.75, 3.05) is 11.9 Å². The Hall–Kier alpha value is -1.45. The highest BCUT2D eigenvalue weighted by atomic mass is 127. The lowest BCUT2D eigenvalue weighted by Gasteiger charge is -2.12. The molecule has 0 bridgehead atoms. The fourth-order valence-corrected chi connectivity index (χ4v) is 2.93. The molecule has 1 aromatic heterocycles. The number of ether oxygens (including phenoxy) is 1. The van der Waals surface area contributed by atoms with Crippen LogP contribution in [0.1, 0.15) is 22.8 Å². The molecule has 0 saturated carbocycles. The number of benzene rings is 1. The number of halogens is 2. The molecule has 0 saturated heterocycles. The third-order valence-electron chi connectivity index (χ3n) is 3.00. The second-order valence-electron chi connectivity index (χ2n) is 4.81. The first-order valence-electron chi connectivity index (χ1n) is 7.07. The normalized spacial score (nSPS) is 10.2. The number of hydrogen-bond donors (Lipinski definition) is 2. The summed E-state index contributed by atoms with van der Waals surface area (Å²) < 4.78 is 6.37. The largest absolute Gasteiger partial charge is 0.492 e. The quantitative estimate of drug-likeness (QED) is 0.513. The first-order chi connectivity index (χ1) is 11.4. The first-order valence-corrected chi connectivity index (χ1v) is 8.94. The van der Waals surface area contributed by atoms with Crippen molar-refractivity contribution in [3.05, 3.63) is 50.2 Å². The number of aryl methyl sites for hydroxylation is 1. The van der Waals surface area contributed by atoms with Gasteiger partial charge in [0.2, 0.25) is 0 Å². The molecule has 1 aromatic carbocycles. The van der Waals surface area contributed by atoms with Crippen LogP contribution in [0.15, 0.2) is 30.5 Å². The van der Waals surface area contributed by atoms with Crippen LogP contribution >= 0.6 is 46.4 Å². The van der Waals surface area contributed by atoms with Gasteiger partial charge in [0.15, 0.2) is 5.11 Å². The zero-order valence-electron chi connectivity index (χ0n) is 13.0. The van der Waals surface area contributed by atoms with Crippen molar-refractivity contribution in [1.29, 1.82) is 0 Å². The van der Waals surface area contributed by atoms with Crippen LogP contribution in [-0.2, 0) is 0 Å². The summed E-state index contributed by atoms with van der Waals surface area (Å²) >= 11 is 13.4. The Morgan fingerprint density at radius 2 is 2.17 bits per heavy atom. The molecule has 1 amide bonds. The second kappa shape index (κ2) is 8.59. The van der Waals surface area contributed by atoms with Crippen LogP contribution in [0.2, 0.25) is 5.02 Å². The molecule has 0 fully saturated rings. The smallest absolute Gasteiger partial charge is 0.257 e. The van der Waals surface area contributed by atoms with Gasteiger partial charge in [-0.05, 0) is 78.5 Å². The van der Waals surface area contributed by atoms with Crippen molar-refractivity contribution in [1.82, 2.24) is 10.3 Å². The van der Waals surface area contributed by atoms with Gasteiger partial charge in [0.1, 0.15) is 11.6 Å². The summed E-state index contributed by atoms with van der Waals surface area (Å²) in [5.74, 6) is 0.779. The Bertz CT molecular complexity index is 786. The van der Waals surface area contributed by atoms with E-state index in [4.69, 9.17) is 28.6 Å². The highest BCUT2D eigenvalue weighted by molar-refractivity contribution is 14.1. The monoisotopic (exact) mass is 475 g/mol. The summed E-state index contributed by atoms with van der Waals surface area (Å²) in [4.78, 5) is 16.5. The molecule has 126 valence electrons. The average Bonchev–Trinajstić information content (AvgIpc) is 2.52. The summed E-state index contributed by atoms with van der Waals surface area (Å²) in [6, 6.07) is 6.79. The van der Waals surface area contributed by atoms with Gasteiger partial charge in [0, 0.05) is 15.3 Å². The molecule has 2 aromatic rings. The first kappa shape index (κ1) is 18.9. The van der Waals surface area contributed by atoms with Gasteiger partial charge >= 0.3 is 0 Å². The molecule has 0 aliphatic heterocycles. The van der Waals surface area contributed by atoms with E-state index in [1.54, 1.807) is 24.4 Å². The molecule has 0 aliphatic rings. The molecular formula is C16H15ClIN3O2S. The number of hydrogen-bond acceptors (Lipinski definition) is 4. The minimum atomic E-state index is -0.361. The van der Waals surface area contributed by atoms with Crippen molar-refractivity contribution < 1.29 is 9.53 Å². The third-order valence-corrected chi connectivity index (χ3v) is 4.09. The fourth-order valence-electron chi connectivity index (χ4n) is 1.90. The number of carbonyl (C=O) groups excluding carboxylic acids is 1. The highest BCUT2D eigenvalue weighted by Gasteiger charge is 2.12. The van der Waals surface area contributed by atoms with E-state index < -0.39 is 0 Å². The summed E-state index contributed by atoms with van der Waals surface area (Å²) in [6.45, 7) is 4.28. The van der Waals surface area contributed by atoms with E-state index in [9.17, 15) is 4.79 Å². The highest BCUT2D eigenvalue weighted by Crippen LogP contribution is 2.25. The van der Waals surface area contributed by atoms with Gasteiger partial charge in [-0.3, -0.25) is 10.1 Å². The number of nitrogens with zero attached hydrogens (tertiary/aromatic N) is 1. The number of amides is 1. The maximum absolute atomic E-state index is 12.2. The van der Waals surface area contributed by atoms with Crippen LogP contribution in [0.3, 0.4) is 0 Å². The molecule has 0 aliphatic carbocycles. The zero-order chi connectivity index (χ0) is 17.7. The average molecular weight is 476 g/mol. The number of carbonyl (C=O) groups is 1. The van der Waals surface area contributed by atoms with Crippen molar-refractivity contribution >= 4 is 63.2 Å². The van der Waals surface area contributed by atoms with Crippen LogP contribution < -0.4 is 15.4 Å². The van der Waals surface area contributed by atoms with E-state index in [-0.39, 0.29) is 11.0 Å². The fraction of sp³-hybridized carbons (Fsp3) is 0.188. The van der Waals surface area contributed by atoms with Gasteiger partial charge in [-0.2, -0.15) is 0 Å². The van der Waals surface area contributed by atoms with E-state index in [2.05, 4.69) is 38.2 Å². The number of nitrogens with one attached hydrogen (secondary N) is 2. The van der Waals surface area contributed by atoms with Crippen LogP contribution in [-0.4, -0.2) is 22.6 Å². The molecule has 0 radical (unpaired) electrons. The van der Waals surface area contributed by atoms with Gasteiger partial charge in [0.05, 0.1) is 11.6 Å². The topological polar surface area (TPSA) is 63.2 Å². The minimum absolute atomic E-state index is 0.168. The summed E-state index contributed by atoms with van der Waals surface area (Å²) in [5.41, 5.74) is 1.32. The van der Waals surface area contributed by atoms with Crippen LogP contribution in [0.5, 0.6) is 5.75 Å². The van der Waals surface area contributed by atoms with Crippen LogP contribution in [0.4, 0.5) is 5.82 Å². The van der Waals surface area contributed by atoms with Gasteiger partial charge < -0.3 is 10.1 Å². The molecule has 0 spiro atoms. The lowest BCUT2D eigenvalue weighted by molar-refractivity contribution is 0.0977. The van der Waals surface area contributed by atoms with Gasteiger partial charge in [-0.25, -0.2) is 4.98 Å². The summed E-state index contributed by atoms with van der Waals surface area (Å²) in [5, 5.41) is 6.06. The van der Waals surface area contributed by atoms with E-state index in [1.165, 1.54) is 0 Å². The Balaban J connectivity index is 2.03. The third kappa shape index (κ3) is 5.02. The maximum atomic E-state index is 12.2. The Morgan fingerprint density at radius 1 is 1.42 bits per heavy atom. The standard InChI is InChI=1S/C16H15ClIN3O2S/c1-3-23-13-5-4-10(7-12(13)17)15(22)21-16(24)20-14-9(2)6-11(18)8-19-14/h4-8H,3H2,1-2H3,(H2,19,20,21,22,24). The predicted octanol–water partition coefficient (Wildman–Crippen LogP) is 4.17. The Morgan fingerprint density at radius 3 is 2.79 bits per heavy atom. The van der Waals surface area contributed by atoms with E-state index >= 15 is 0 Å². The SMILES string of the molecule is CCOc1ccc(C(=O)NC(=S)Nc2ncc(I)cc2C)cc1Cl. The van der Waals surface area contributed by atoms with Crippen LogP contribution in [0.25, 0.3) is 0 Å². The molecule has 0 unspecified atom stereocenters. The minimum Gasteiger partial charge on any atom is -0.492 e. The molecule has 2 rings (SSSR count). The lowest BCUT2D eigenvalue weighted by atomic mass is 10.2. The summed E-state index contributed by atoms with van der Waals surface area (Å²) in [6.07, 6.45) is 1.71. The number of anilines is 1. The van der Waals surface area contributed by atoms with E-state index in [0.29, 0.717) is 28.8 Å². The molecule has 0 atom stereocenters. The van der Waals surface area contributed by atoms with Gasteiger partial charge in [-0.15, -0.1) is 0 Å². The van der Waals surface area contributed by atoms with Crippen molar-refractivity contribution in [2.24, 2.45) is 0 Å². The van der Waals surface area contributed by atoms with Crippen molar-refractivity contribution in [2.45, 2.75) is 13.8 Å². The van der Waals surface area contributed by atoms with E-state index in [1.807, 2.05) is 19.9 Å². The van der Waals surface area contributed by atoms with Gasteiger partial charge in [0.25, 0.3) is 5.91 Å². The molecule has 2 N–H and O–H groups in total. The van der Waals surface area contributed by atoms with Gasteiger partial charge in [-0.1, -0.05) is 11.6 Å². The molecule has 5 nitrogen and oxygen atoms in total. The maximum Gasteiger partial charge on any atom is 0.257 e. The Kier molecular flexibility index (Phi) is 6.76. The van der Waals surface area contributed by atoms with Crippen molar-refractivity contribution in [3.63, 3.8) is 0 Å². The van der Waals surface area contributed by atoms with Crippen molar-refractivity contribution in [3.8, 4) is 5.75 Å². The predicted molar refractivity (Wildman–Crippen MR) is 108 cm³/mol. The molecule has 8 heteroatoms. The second-order valence-corrected chi connectivity index (χ2v) is 6.87.